The predicted molar refractivity (Wildman–Crippen MR) is 50.7 cm³/mol. The van der Waals surface area contributed by atoms with Crippen molar-refractivity contribution >= 4 is 10.0 Å². The molecular weight excluding hydrogens is 188 g/mol. The van der Waals surface area contributed by atoms with Crippen molar-refractivity contribution in [1.29, 1.82) is 0 Å². The molecule has 4 nitrogen and oxygen atoms in total. The minimum atomic E-state index is -3.01. The summed E-state index contributed by atoms with van der Waals surface area (Å²) in [6.45, 7) is 0.657. The Morgan fingerprint density at radius 3 is 2.31 bits per heavy atom. The van der Waals surface area contributed by atoms with Crippen LogP contribution in [0.1, 0.15) is 19.3 Å². The van der Waals surface area contributed by atoms with Gasteiger partial charge in [-0.2, -0.15) is 4.31 Å². The highest BCUT2D eigenvalue weighted by atomic mass is 32.2. The van der Waals surface area contributed by atoms with E-state index in [2.05, 4.69) is 0 Å². The molecule has 76 valence electrons. The van der Waals surface area contributed by atoms with Crippen LogP contribution < -0.4 is 5.73 Å². The van der Waals surface area contributed by atoms with Gasteiger partial charge in [0.25, 0.3) is 0 Å². The maximum Gasteiger partial charge on any atom is 0.211 e. The van der Waals surface area contributed by atoms with Crippen LogP contribution in [-0.2, 0) is 10.0 Å². The van der Waals surface area contributed by atoms with Crippen LogP contribution in [0.25, 0.3) is 0 Å². The fraction of sp³-hybridized carbons (Fsp3) is 1.00. The van der Waals surface area contributed by atoms with E-state index in [-0.39, 0.29) is 12.1 Å². The lowest BCUT2D eigenvalue weighted by Crippen LogP contribution is -2.59. The van der Waals surface area contributed by atoms with Gasteiger partial charge in [-0.3, -0.25) is 0 Å². The number of hydrogen-bond donors (Lipinski definition) is 1. The number of sulfonamides is 1. The van der Waals surface area contributed by atoms with Crippen LogP contribution >= 0.6 is 0 Å². The Labute approximate surface area is 79.1 Å². The molecule has 1 aliphatic carbocycles. The summed E-state index contributed by atoms with van der Waals surface area (Å²) in [6.07, 6.45) is 4.55. The molecule has 0 spiro atoms. The first-order valence-corrected chi connectivity index (χ1v) is 6.57. The Kier molecular flexibility index (Phi) is 2.13. The van der Waals surface area contributed by atoms with Gasteiger partial charge in [0.05, 0.1) is 6.26 Å². The second-order valence-corrected chi connectivity index (χ2v) is 6.08. The molecule has 2 N–H and O–H groups in total. The zero-order chi connectivity index (χ0) is 9.64. The van der Waals surface area contributed by atoms with Gasteiger partial charge in [-0.1, -0.05) is 0 Å². The van der Waals surface area contributed by atoms with Crippen molar-refractivity contribution in [2.75, 3.05) is 12.8 Å². The average Bonchev–Trinajstić information content (AvgIpc) is 2.58. The van der Waals surface area contributed by atoms with Crippen molar-refractivity contribution < 1.29 is 8.42 Å². The molecule has 13 heavy (non-hydrogen) atoms. The van der Waals surface area contributed by atoms with Crippen LogP contribution in [0.4, 0.5) is 0 Å². The molecule has 0 aromatic rings. The van der Waals surface area contributed by atoms with Crippen molar-refractivity contribution in [3.05, 3.63) is 0 Å². The molecule has 0 bridgehead atoms. The van der Waals surface area contributed by atoms with E-state index in [4.69, 9.17) is 5.73 Å². The van der Waals surface area contributed by atoms with Gasteiger partial charge < -0.3 is 5.73 Å². The maximum atomic E-state index is 11.2. The Morgan fingerprint density at radius 2 is 2.00 bits per heavy atom. The smallest absolute Gasteiger partial charge is 0.211 e. The highest BCUT2D eigenvalue weighted by molar-refractivity contribution is 7.88. The van der Waals surface area contributed by atoms with Crippen LogP contribution in [-0.4, -0.2) is 37.6 Å². The molecule has 2 rings (SSSR count). The summed E-state index contributed by atoms with van der Waals surface area (Å²) in [5.74, 6) is 0.578. The molecule has 1 aliphatic heterocycles. The third kappa shape index (κ3) is 1.73. The quantitative estimate of drug-likeness (QED) is 0.690. The first kappa shape index (κ1) is 9.43. The molecule has 1 saturated heterocycles. The molecular formula is C8H16N2O2S. The average molecular weight is 204 g/mol. The van der Waals surface area contributed by atoms with Gasteiger partial charge in [0, 0.05) is 18.6 Å². The summed E-state index contributed by atoms with van der Waals surface area (Å²) in [5, 5.41) is 0. The monoisotopic (exact) mass is 204 g/mol. The molecule has 1 saturated carbocycles. The Morgan fingerprint density at radius 1 is 1.38 bits per heavy atom. The number of hydrogen-bond acceptors (Lipinski definition) is 3. The molecule has 0 aromatic carbocycles. The van der Waals surface area contributed by atoms with Gasteiger partial charge in [0.15, 0.2) is 0 Å². The van der Waals surface area contributed by atoms with E-state index in [9.17, 15) is 8.42 Å². The van der Waals surface area contributed by atoms with E-state index >= 15 is 0 Å². The van der Waals surface area contributed by atoms with Crippen LogP contribution in [0.2, 0.25) is 0 Å². The SMILES string of the molecule is CS(=O)(=O)N1CCC1C(N)C1CC1. The van der Waals surface area contributed by atoms with E-state index in [1.54, 1.807) is 0 Å². The lowest BCUT2D eigenvalue weighted by Gasteiger charge is -2.42. The summed E-state index contributed by atoms with van der Waals surface area (Å²) in [4.78, 5) is 0. The predicted octanol–water partition coefficient (Wildman–Crippen LogP) is -0.242. The number of nitrogens with two attached hydrogens (primary N) is 1. The van der Waals surface area contributed by atoms with Crippen molar-refractivity contribution in [2.24, 2.45) is 11.7 Å². The van der Waals surface area contributed by atoms with Gasteiger partial charge >= 0.3 is 0 Å². The van der Waals surface area contributed by atoms with Gasteiger partial charge in [-0.25, -0.2) is 8.42 Å². The summed E-state index contributed by atoms with van der Waals surface area (Å²) in [7, 11) is -3.01. The van der Waals surface area contributed by atoms with Gasteiger partial charge in [0.1, 0.15) is 0 Å². The Balaban J connectivity index is 2.01. The third-order valence-corrected chi connectivity index (χ3v) is 4.36. The van der Waals surface area contributed by atoms with Crippen molar-refractivity contribution in [2.45, 2.75) is 31.3 Å². The highest BCUT2D eigenvalue weighted by Gasteiger charge is 2.44. The summed E-state index contributed by atoms with van der Waals surface area (Å²) >= 11 is 0. The molecule has 1 heterocycles. The molecule has 5 heteroatoms. The fourth-order valence-electron chi connectivity index (χ4n) is 1.98. The zero-order valence-electron chi connectivity index (χ0n) is 7.81. The largest absolute Gasteiger partial charge is 0.326 e. The molecule has 2 unspecified atom stereocenters. The van der Waals surface area contributed by atoms with E-state index in [1.807, 2.05) is 0 Å². The second-order valence-electron chi connectivity index (χ2n) is 4.14. The van der Waals surface area contributed by atoms with Crippen LogP contribution in [0, 0.1) is 5.92 Å². The minimum Gasteiger partial charge on any atom is -0.326 e. The Bertz CT molecular complexity index is 297. The van der Waals surface area contributed by atoms with Crippen molar-refractivity contribution in [3.63, 3.8) is 0 Å². The molecule has 2 fully saturated rings. The standard InChI is InChI=1S/C8H16N2O2S/c1-13(11,12)10-5-4-7(10)8(9)6-2-3-6/h6-8H,2-5,9H2,1H3. The summed E-state index contributed by atoms with van der Waals surface area (Å²) in [5.41, 5.74) is 5.97. The van der Waals surface area contributed by atoms with E-state index < -0.39 is 10.0 Å². The lowest BCUT2D eigenvalue weighted by molar-refractivity contribution is 0.160. The Hall–Kier alpha value is -0.130. The second kappa shape index (κ2) is 2.93. The van der Waals surface area contributed by atoms with E-state index in [1.165, 1.54) is 23.4 Å². The summed E-state index contributed by atoms with van der Waals surface area (Å²) < 4.78 is 24.0. The topological polar surface area (TPSA) is 63.4 Å². The molecule has 0 amide bonds. The first-order valence-electron chi connectivity index (χ1n) is 4.72. The van der Waals surface area contributed by atoms with Crippen molar-refractivity contribution in [1.82, 2.24) is 4.31 Å². The van der Waals surface area contributed by atoms with Crippen LogP contribution in [0.5, 0.6) is 0 Å². The number of nitrogens with zero attached hydrogens (tertiary/aromatic N) is 1. The van der Waals surface area contributed by atoms with E-state index in [0.29, 0.717) is 12.5 Å². The van der Waals surface area contributed by atoms with Crippen LogP contribution in [0.3, 0.4) is 0 Å². The van der Waals surface area contributed by atoms with Gasteiger partial charge in [0.2, 0.25) is 10.0 Å². The lowest BCUT2D eigenvalue weighted by atomic mass is 9.96. The minimum absolute atomic E-state index is 0.0727. The normalized spacial score (nSPS) is 32.6. The van der Waals surface area contributed by atoms with Gasteiger partial charge in [-0.15, -0.1) is 0 Å². The van der Waals surface area contributed by atoms with Gasteiger partial charge in [-0.05, 0) is 25.2 Å². The fourth-order valence-corrected chi connectivity index (χ4v) is 3.15. The molecule has 0 radical (unpaired) electrons. The molecule has 2 atom stereocenters. The number of rotatable bonds is 3. The molecule has 2 aliphatic rings. The van der Waals surface area contributed by atoms with E-state index in [0.717, 1.165) is 6.42 Å². The third-order valence-electron chi connectivity index (χ3n) is 3.05. The van der Waals surface area contributed by atoms with Crippen molar-refractivity contribution in [3.8, 4) is 0 Å². The summed E-state index contributed by atoms with van der Waals surface area (Å²) in [6, 6.07) is 0.158. The highest BCUT2D eigenvalue weighted by Crippen LogP contribution is 2.37. The molecule has 0 aromatic heterocycles. The maximum absolute atomic E-state index is 11.2. The van der Waals surface area contributed by atoms with Crippen LogP contribution in [0.15, 0.2) is 0 Å². The first-order chi connectivity index (χ1) is 6.00. The zero-order valence-corrected chi connectivity index (χ0v) is 8.63.